The maximum atomic E-state index is 12.5. The van der Waals surface area contributed by atoms with Crippen molar-refractivity contribution < 1.29 is 4.79 Å². The molecule has 0 unspecified atom stereocenters. The van der Waals surface area contributed by atoms with Crippen molar-refractivity contribution in [2.75, 3.05) is 42.9 Å². The molecule has 7 heteroatoms. The van der Waals surface area contributed by atoms with Crippen LogP contribution in [0.2, 0.25) is 0 Å². The van der Waals surface area contributed by atoms with Crippen molar-refractivity contribution in [3.63, 3.8) is 0 Å². The maximum absolute atomic E-state index is 12.5. The molecule has 2 aromatic heterocycles. The lowest BCUT2D eigenvalue weighted by atomic mass is 10.2. The summed E-state index contributed by atoms with van der Waals surface area (Å²) < 4.78 is 0. The van der Waals surface area contributed by atoms with Crippen LogP contribution >= 0.6 is 0 Å². The molecular weight excluding hydrogens is 304 g/mol. The Kier molecular flexibility index (Phi) is 5.20. The molecule has 3 heterocycles. The highest BCUT2D eigenvalue weighted by molar-refractivity contribution is 5.92. The fourth-order valence-electron chi connectivity index (χ4n) is 2.64. The second kappa shape index (κ2) is 7.72. The Morgan fingerprint density at radius 1 is 1.12 bits per heavy atom. The molecule has 0 aliphatic carbocycles. The quantitative estimate of drug-likeness (QED) is 0.901. The van der Waals surface area contributed by atoms with E-state index < -0.39 is 0 Å². The predicted molar refractivity (Wildman–Crippen MR) is 93.2 cm³/mol. The number of anilines is 2. The Hall–Kier alpha value is -2.70. The molecule has 0 saturated carbocycles. The summed E-state index contributed by atoms with van der Waals surface area (Å²) in [5.74, 6) is 1.59. The zero-order valence-electron chi connectivity index (χ0n) is 13.9. The molecule has 2 aromatic rings. The number of hydrogen-bond acceptors (Lipinski definition) is 6. The molecule has 0 aromatic carbocycles. The normalized spacial score (nSPS) is 14.5. The number of hydrogen-bond donors (Lipinski definition) is 1. The molecule has 7 nitrogen and oxygen atoms in total. The number of piperazine rings is 1. The van der Waals surface area contributed by atoms with Crippen LogP contribution in [0.4, 0.5) is 11.6 Å². The van der Waals surface area contributed by atoms with Crippen LogP contribution in [0.15, 0.2) is 36.5 Å². The van der Waals surface area contributed by atoms with Gasteiger partial charge in [-0.15, -0.1) is 10.2 Å². The van der Waals surface area contributed by atoms with E-state index in [1.165, 1.54) is 0 Å². The molecule has 0 radical (unpaired) electrons. The van der Waals surface area contributed by atoms with Gasteiger partial charge in [0.05, 0.1) is 0 Å². The number of pyridine rings is 1. The number of nitrogens with zero attached hydrogens (tertiary/aromatic N) is 5. The third kappa shape index (κ3) is 3.79. The zero-order valence-corrected chi connectivity index (χ0v) is 13.9. The van der Waals surface area contributed by atoms with Gasteiger partial charge in [-0.05, 0) is 30.7 Å². The number of amides is 1. The Balaban J connectivity index is 1.57. The van der Waals surface area contributed by atoms with Crippen LogP contribution < -0.4 is 10.2 Å². The predicted octanol–water partition coefficient (Wildman–Crippen LogP) is 1.66. The van der Waals surface area contributed by atoms with E-state index in [4.69, 9.17) is 0 Å². The smallest absolute Gasteiger partial charge is 0.274 e. The largest absolute Gasteiger partial charge is 0.369 e. The third-order valence-electron chi connectivity index (χ3n) is 3.98. The summed E-state index contributed by atoms with van der Waals surface area (Å²) in [5, 5.41) is 11.3. The van der Waals surface area contributed by atoms with E-state index in [1.54, 1.807) is 18.3 Å². The molecule has 1 fully saturated rings. The molecule has 1 saturated heterocycles. The lowest BCUT2D eigenvalue weighted by Gasteiger charge is -2.35. The van der Waals surface area contributed by atoms with E-state index in [2.05, 4.69) is 32.3 Å². The highest BCUT2D eigenvalue weighted by Gasteiger charge is 2.23. The highest BCUT2D eigenvalue weighted by atomic mass is 16.2. The topological polar surface area (TPSA) is 74.2 Å². The fraction of sp³-hybridized carbons (Fsp3) is 0.412. The SMILES string of the molecule is CCCNc1ccc(C(=O)N2CCN(c3ccccn3)CC2)nn1. The van der Waals surface area contributed by atoms with Crippen LogP contribution in [-0.4, -0.2) is 58.7 Å². The Morgan fingerprint density at radius 3 is 2.58 bits per heavy atom. The van der Waals surface area contributed by atoms with Gasteiger partial charge in [-0.2, -0.15) is 0 Å². The first-order valence-electron chi connectivity index (χ1n) is 8.31. The number of rotatable bonds is 5. The minimum Gasteiger partial charge on any atom is -0.369 e. The first-order chi connectivity index (χ1) is 11.8. The van der Waals surface area contributed by atoms with Crippen molar-refractivity contribution in [2.45, 2.75) is 13.3 Å². The Labute approximate surface area is 141 Å². The summed E-state index contributed by atoms with van der Waals surface area (Å²) in [6.45, 7) is 5.79. The Morgan fingerprint density at radius 2 is 1.96 bits per heavy atom. The summed E-state index contributed by atoms with van der Waals surface area (Å²) in [4.78, 5) is 20.9. The molecule has 1 aliphatic rings. The fourth-order valence-corrected chi connectivity index (χ4v) is 2.64. The lowest BCUT2D eigenvalue weighted by Crippen LogP contribution is -2.49. The lowest BCUT2D eigenvalue weighted by molar-refractivity contribution is 0.0739. The van der Waals surface area contributed by atoms with E-state index in [1.807, 2.05) is 23.1 Å². The highest BCUT2D eigenvalue weighted by Crippen LogP contribution is 2.14. The average molecular weight is 326 g/mol. The Bertz CT molecular complexity index is 653. The van der Waals surface area contributed by atoms with Crippen LogP contribution in [0, 0.1) is 0 Å². The van der Waals surface area contributed by atoms with Gasteiger partial charge in [0.25, 0.3) is 5.91 Å². The van der Waals surface area contributed by atoms with E-state index >= 15 is 0 Å². The van der Waals surface area contributed by atoms with E-state index in [9.17, 15) is 4.79 Å². The van der Waals surface area contributed by atoms with Crippen molar-refractivity contribution in [2.24, 2.45) is 0 Å². The van der Waals surface area contributed by atoms with Gasteiger partial charge in [0.2, 0.25) is 0 Å². The molecule has 1 aliphatic heterocycles. The molecular formula is C17H22N6O. The van der Waals surface area contributed by atoms with Crippen molar-refractivity contribution in [3.05, 3.63) is 42.2 Å². The summed E-state index contributed by atoms with van der Waals surface area (Å²) in [6, 6.07) is 9.41. The van der Waals surface area contributed by atoms with Crippen LogP contribution in [0.1, 0.15) is 23.8 Å². The van der Waals surface area contributed by atoms with Gasteiger partial charge in [-0.1, -0.05) is 13.0 Å². The van der Waals surface area contributed by atoms with Crippen molar-refractivity contribution >= 4 is 17.5 Å². The molecule has 1 N–H and O–H groups in total. The van der Waals surface area contributed by atoms with Gasteiger partial charge >= 0.3 is 0 Å². The van der Waals surface area contributed by atoms with Gasteiger partial charge in [-0.25, -0.2) is 4.98 Å². The van der Waals surface area contributed by atoms with Crippen LogP contribution in [0.3, 0.4) is 0 Å². The average Bonchev–Trinajstić information content (AvgIpc) is 2.67. The summed E-state index contributed by atoms with van der Waals surface area (Å²) in [7, 11) is 0. The summed E-state index contributed by atoms with van der Waals surface area (Å²) >= 11 is 0. The van der Waals surface area contributed by atoms with Crippen LogP contribution in [0.5, 0.6) is 0 Å². The van der Waals surface area contributed by atoms with E-state index in [0.717, 1.165) is 31.9 Å². The minimum atomic E-state index is -0.0646. The van der Waals surface area contributed by atoms with Gasteiger partial charge in [-0.3, -0.25) is 4.79 Å². The molecule has 0 spiro atoms. The van der Waals surface area contributed by atoms with Crippen LogP contribution in [-0.2, 0) is 0 Å². The molecule has 126 valence electrons. The van der Waals surface area contributed by atoms with Gasteiger partial charge in [0.15, 0.2) is 5.69 Å². The standard InChI is InChI=1S/C17H22N6O/c1-2-8-18-15-7-6-14(20-21-15)17(24)23-12-10-22(11-13-23)16-5-3-4-9-19-16/h3-7,9H,2,8,10-13H2,1H3,(H,18,21). The van der Waals surface area contributed by atoms with Gasteiger partial charge in [0.1, 0.15) is 11.6 Å². The molecule has 3 rings (SSSR count). The first-order valence-corrected chi connectivity index (χ1v) is 8.31. The molecule has 0 bridgehead atoms. The number of aromatic nitrogens is 3. The third-order valence-corrected chi connectivity index (χ3v) is 3.98. The van der Waals surface area contributed by atoms with Crippen molar-refractivity contribution in [3.8, 4) is 0 Å². The van der Waals surface area contributed by atoms with Gasteiger partial charge < -0.3 is 15.1 Å². The monoisotopic (exact) mass is 326 g/mol. The van der Waals surface area contributed by atoms with E-state index in [-0.39, 0.29) is 5.91 Å². The van der Waals surface area contributed by atoms with E-state index in [0.29, 0.717) is 24.6 Å². The molecule has 1 amide bonds. The maximum Gasteiger partial charge on any atom is 0.274 e. The van der Waals surface area contributed by atoms with Gasteiger partial charge in [0, 0.05) is 38.9 Å². The number of carbonyl (C=O) groups is 1. The van der Waals surface area contributed by atoms with Crippen molar-refractivity contribution in [1.82, 2.24) is 20.1 Å². The number of nitrogens with one attached hydrogen (secondary N) is 1. The molecule has 24 heavy (non-hydrogen) atoms. The second-order valence-corrected chi connectivity index (χ2v) is 5.70. The second-order valence-electron chi connectivity index (χ2n) is 5.70. The van der Waals surface area contributed by atoms with Crippen LogP contribution in [0.25, 0.3) is 0 Å². The van der Waals surface area contributed by atoms with Crippen molar-refractivity contribution in [1.29, 1.82) is 0 Å². The summed E-state index contributed by atoms with van der Waals surface area (Å²) in [6.07, 6.45) is 2.81. The number of carbonyl (C=O) groups excluding carboxylic acids is 1. The summed E-state index contributed by atoms with van der Waals surface area (Å²) in [5.41, 5.74) is 0.392. The zero-order chi connectivity index (χ0) is 16.8. The first kappa shape index (κ1) is 16.2. The minimum absolute atomic E-state index is 0.0646. The molecule has 0 atom stereocenters.